The Hall–Kier alpha value is -3.00. The third-order valence-corrected chi connectivity index (χ3v) is 4.19. The fourth-order valence-corrected chi connectivity index (χ4v) is 2.94. The second-order valence-electron chi connectivity index (χ2n) is 5.47. The predicted molar refractivity (Wildman–Crippen MR) is 93.1 cm³/mol. The maximum Gasteiger partial charge on any atom is 0.341 e. The van der Waals surface area contributed by atoms with Crippen molar-refractivity contribution in [1.29, 1.82) is 0 Å². The average Bonchev–Trinajstić information content (AvgIpc) is 3.06. The van der Waals surface area contributed by atoms with E-state index in [2.05, 4.69) is 15.3 Å². The number of carbonyl (C=O) groups is 1. The van der Waals surface area contributed by atoms with E-state index in [9.17, 15) is 9.18 Å². The van der Waals surface area contributed by atoms with Gasteiger partial charge in [0.15, 0.2) is 11.5 Å². The van der Waals surface area contributed by atoms with Crippen LogP contribution in [-0.4, -0.2) is 36.3 Å². The van der Waals surface area contributed by atoms with Crippen LogP contribution >= 0.6 is 11.6 Å². The highest BCUT2D eigenvalue weighted by molar-refractivity contribution is 6.33. The molecule has 3 aromatic rings. The topological polar surface area (TPSA) is 85.5 Å². The van der Waals surface area contributed by atoms with Gasteiger partial charge >= 0.3 is 5.97 Å². The Bertz CT molecular complexity index is 1000. The Morgan fingerprint density at radius 3 is 2.85 bits per heavy atom. The Morgan fingerprint density at radius 1 is 1.35 bits per heavy atom. The van der Waals surface area contributed by atoms with E-state index in [1.165, 1.54) is 25.3 Å². The van der Waals surface area contributed by atoms with Crippen molar-refractivity contribution >= 4 is 40.2 Å². The summed E-state index contributed by atoms with van der Waals surface area (Å²) in [6.07, 6.45) is 0. The minimum absolute atomic E-state index is 0.0902. The molecule has 2 N–H and O–H groups in total. The summed E-state index contributed by atoms with van der Waals surface area (Å²) >= 11 is 6.03. The van der Waals surface area contributed by atoms with Crippen LogP contribution in [0.4, 0.5) is 16.0 Å². The molecular formula is C17H13ClFN3O4. The van der Waals surface area contributed by atoms with Gasteiger partial charge in [-0.1, -0.05) is 17.7 Å². The van der Waals surface area contributed by atoms with Gasteiger partial charge in [-0.25, -0.2) is 14.2 Å². The lowest BCUT2D eigenvalue weighted by Gasteiger charge is -2.20. The molecular weight excluding hydrogens is 365 g/mol. The van der Waals surface area contributed by atoms with Crippen LogP contribution in [-0.2, 0) is 4.74 Å². The Kier molecular flexibility index (Phi) is 4.04. The summed E-state index contributed by atoms with van der Waals surface area (Å²) in [5.41, 5.74) is 1.25. The molecule has 7 nitrogen and oxygen atoms in total. The number of esters is 1. The molecule has 0 amide bonds. The number of fused-ring (bicyclic) bond motifs is 3. The van der Waals surface area contributed by atoms with E-state index < -0.39 is 11.8 Å². The van der Waals surface area contributed by atoms with Gasteiger partial charge in [-0.05, 0) is 18.2 Å². The van der Waals surface area contributed by atoms with Gasteiger partial charge in [0.1, 0.15) is 30.1 Å². The summed E-state index contributed by atoms with van der Waals surface area (Å²) < 4.78 is 30.0. The molecule has 0 aliphatic carbocycles. The van der Waals surface area contributed by atoms with Crippen molar-refractivity contribution in [2.45, 2.75) is 0 Å². The van der Waals surface area contributed by atoms with E-state index >= 15 is 0 Å². The van der Waals surface area contributed by atoms with Gasteiger partial charge in [-0.2, -0.15) is 0 Å². The highest BCUT2D eigenvalue weighted by atomic mass is 35.5. The summed E-state index contributed by atoms with van der Waals surface area (Å²) in [6, 6.07) is 5.87. The van der Waals surface area contributed by atoms with Crippen molar-refractivity contribution in [1.82, 2.24) is 9.97 Å². The zero-order chi connectivity index (χ0) is 18.3. The van der Waals surface area contributed by atoms with Crippen molar-refractivity contribution in [3.63, 3.8) is 0 Å². The number of hydrogen-bond donors (Lipinski definition) is 2. The average molecular weight is 378 g/mol. The highest BCUT2D eigenvalue weighted by Gasteiger charge is 2.26. The fourth-order valence-electron chi connectivity index (χ4n) is 2.73. The first-order chi connectivity index (χ1) is 12.6. The smallest absolute Gasteiger partial charge is 0.341 e. The number of nitrogens with zero attached hydrogens (tertiary/aromatic N) is 1. The van der Waals surface area contributed by atoms with Gasteiger partial charge in [-0.15, -0.1) is 0 Å². The van der Waals surface area contributed by atoms with E-state index in [1.54, 1.807) is 6.07 Å². The molecule has 1 aliphatic rings. The van der Waals surface area contributed by atoms with E-state index in [0.717, 1.165) is 0 Å². The standard InChI is InChI=1S/C17H13ClFN3O4/c1-24-16(23)8-7-11-13(15-14(8)25-5-6-26-15)22-17(20-11)21-12-9(18)3-2-4-10(12)19/h2-4,7H,5-6H2,1H3,(H2,20,21,22). The summed E-state index contributed by atoms with van der Waals surface area (Å²) in [7, 11) is 1.28. The molecule has 9 heteroatoms. The number of hydrogen-bond acceptors (Lipinski definition) is 6. The number of carbonyl (C=O) groups excluding carboxylic acids is 1. The number of para-hydroxylation sites is 1. The molecule has 0 radical (unpaired) electrons. The van der Waals surface area contributed by atoms with Gasteiger partial charge in [0, 0.05) is 0 Å². The van der Waals surface area contributed by atoms with Crippen LogP contribution in [0.25, 0.3) is 11.0 Å². The monoisotopic (exact) mass is 377 g/mol. The molecule has 0 saturated carbocycles. The first-order valence-corrected chi connectivity index (χ1v) is 8.08. The first-order valence-electron chi connectivity index (χ1n) is 7.70. The lowest BCUT2D eigenvalue weighted by molar-refractivity contribution is 0.0591. The highest BCUT2D eigenvalue weighted by Crippen LogP contribution is 2.41. The summed E-state index contributed by atoms with van der Waals surface area (Å²) in [5, 5.41) is 3.02. The summed E-state index contributed by atoms with van der Waals surface area (Å²) in [4.78, 5) is 19.4. The molecule has 0 spiro atoms. The number of aromatic amines is 1. The number of benzene rings is 2. The fraction of sp³-hybridized carbons (Fsp3) is 0.176. The van der Waals surface area contributed by atoms with E-state index in [1.807, 2.05) is 0 Å². The number of methoxy groups -OCH3 is 1. The number of H-pyrrole nitrogens is 1. The first kappa shape index (κ1) is 16.5. The van der Waals surface area contributed by atoms with Gasteiger partial charge in [0.25, 0.3) is 0 Å². The zero-order valence-electron chi connectivity index (χ0n) is 13.6. The second-order valence-corrected chi connectivity index (χ2v) is 5.88. The number of nitrogens with one attached hydrogen (secondary N) is 2. The molecule has 1 aliphatic heterocycles. The van der Waals surface area contributed by atoms with Crippen molar-refractivity contribution in [2.24, 2.45) is 0 Å². The van der Waals surface area contributed by atoms with Crippen molar-refractivity contribution in [3.05, 3.63) is 40.7 Å². The van der Waals surface area contributed by atoms with Crippen LogP contribution in [0.15, 0.2) is 24.3 Å². The van der Waals surface area contributed by atoms with Gasteiger partial charge < -0.3 is 24.5 Å². The molecule has 2 aromatic carbocycles. The third-order valence-electron chi connectivity index (χ3n) is 3.88. The van der Waals surface area contributed by atoms with Crippen LogP contribution in [0.2, 0.25) is 5.02 Å². The summed E-state index contributed by atoms with van der Waals surface area (Å²) in [6.45, 7) is 0.639. The molecule has 134 valence electrons. The summed E-state index contributed by atoms with van der Waals surface area (Å²) in [5.74, 6) is -0.201. The van der Waals surface area contributed by atoms with Crippen molar-refractivity contribution in [2.75, 3.05) is 25.6 Å². The van der Waals surface area contributed by atoms with Crippen LogP contribution in [0, 0.1) is 5.82 Å². The molecule has 0 unspecified atom stereocenters. The number of rotatable bonds is 3. The lowest BCUT2D eigenvalue weighted by atomic mass is 10.1. The van der Waals surface area contributed by atoms with E-state index in [4.69, 9.17) is 25.8 Å². The van der Waals surface area contributed by atoms with Crippen LogP contribution < -0.4 is 14.8 Å². The molecule has 4 rings (SSSR count). The molecule has 0 atom stereocenters. The van der Waals surface area contributed by atoms with Crippen LogP contribution in [0.5, 0.6) is 11.5 Å². The number of imidazole rings is 1. The minimum atomic E-state index is -0.566. The molecule has 0 saturated heterocycles. The van der Waals surface area contributed by atoms with Crippen molar-refractivity contribution in [3.8, 4) is 11.5 Å². The Balaban J connectivity index is 1.83. The Labute approximate surface area is 152 Å². The number of halogens is 2. The number of anilines is 2. The molecule has 0 bridgehead atoms. The molecule has 1 aromatic heterocycles. The maximum absolute atomic E-state index is 14.0. The largest absolute Gasteiger partial charge is 0.485 e. The molecule has 26 heavy (non-hydrogen) atoms. The van der Waals surface area contributed by atoms with Gasteiger partial charge in [0.2, 0.25) is 5.95 Å². The van der Waals surface area contributed by atoms with Gasteiger partial charge in [0.05, 0.1) is 23.3 Å². The molecule has 0 fully saturated rings. The Morgan fingerprint density at radius 2 is 2.12 bits per heavy atom. The van der Waals surface area contributed by atoms with Crippen LogP contribution in [0.3, 0.4) is 0 Å². The third kappa shape index (κ3) is 2.68. The van der Waals surface area contributed by atoms with E-state index in [0.29, 0.717) is 30.0 Å². The van der Waals surface area contributed by atoms with Crippen LogP contribution in [0.1, 0.15) is 10.4 Å². The second kappa shape index (κ2) is 6.38. The van der Waals surface area contributed by atoms with E-state index in [-0.39, 0.29) is 28.0 Å². The number of ether oxygens (including phenoxy) is 3. The SMILES string of the molecule is COC(=O)c1cc2nc(Nc3c(F)cccc3Cl)[nH]c2c2c1OCCO2. The van der Waals surface area contributed by atoms with Gasteiger partial charge in [-0.3, -0.25) is 0 Å². The minimum Gasteiger partial charge on any atom is -0.485 e. The lowest BCUT2D eigenvalue weighted by Crippen LogP contribution is -2.18. The molecule has 2 heterocycles. The normalized spacial score (nSPS) is 12.9. The quantitative estimate of drug-likeness (QED) is 0.677. The maximum atomic E-state index is 14.0. The van der Waals surface area contributed by atoms with Crippen molar-refractivity contribution < 1.29 is 23.4 Å². The zero-order valence-corrected chi connectivity index (χ0v) is 14.3. The number of aromatic nitrogens is 2. The predicted octanol–water partition coefficient (Wildman–Crippen LogP) is 3.66.